The molecule has 1 unspecified atom stereocenters. The van der Waals surface area contributed by atoms with E-state index in [4.69, 9.17) is 0 Å². The van der Waals surface area contributed by atoms with E-state index in [2.05, 4.69) is 10.3 Å². The van der Waals surface area contributed by atoms with Crippen molar-refractivity contribution >= 4 is 0 Å². The summed E-state index contributed by atoms with van der Waals surface area (Å²) in [6.45, 7) is 6.46. The van der Waals surface area contributed by atoms with Crippen molar-refractivity contribution in [1.29, 1.82) is 0 Å². The smallest absolute Gasteiger partial charge is 0.118 e. The quantitative estimate of drug-likeness (QED) is 0.825. The first-order chi connectivity index (χ1) is 6.97. The lowest BCUT2D eigenvalue weighted by atomic mass is 10.1. The van der Waals surface area contributed by atoms with Gasteiger partial charge in [0, 0.05) is 30.4 Å². The van der Waals surface area contributed by atoms with Gasteiger partial charge in [0.25, 0.3) is 0 Å². The molecule has 1 aromatic rings. The molecule has 0 saturated heterocycles. The number of alkyl halides is 1. The number of pyridine rings is 1. The van der Waals surface area contributed by atoms with Gasteiger partial charge < -0.3 is 5.32 Å². The minimum Gasteiger partial charge on any atom is -0.309 e. The predicted octanol–water partition coefficient (Wildman–Crippen LogP) is 2.35. The molecule has 1 aromatic heterocycles. The highest BCUT2D eigenvalue weighted by molar-refractivity contribution is 5.04. The second-order valence-electron chi connectivity index (χ2n) is 4.75. The molecule has 1 N–H and O–H groups in total. The van der Waals surface area contributed by atoms with Crippen LogP contribution in [-0.2, 0) is 6.42 Å². The van der Waals surface area contributed by atoms with Crippen LogP contribution in [0.5, 0.6) is 0 Å². The van der Waals surface area contributed by atoms with E-state index in [-0.39, 0.29) is 5.54 Å². The summed E-state index contributed by atoms with van der Waals surface area (Å²) in [4.78, 5) is 4.10. The number of aromatic nitrogens is 1. The molecule has 0 radical (unpaired) electrons. The highest BCUT2D eigenvalue weighted by Crippen LogP contribution is 2.04. The zero-order chi connectivity index (χ0) is 11.3. The average Bonchev–Trinajstić information content (AvgIpc) is 2.15. The summed E-state index contributed by atoms with van der Waals surface area (Å²) in [5.74, 6) is 0. The molecule has 1 heterocycles. The van der Waals surface area contributed by atoms with Crippen molar-refractivity contribution in [3.63, 3.8) is 0 Å². The topological polar surface area (TPSA) is 24.9 Å². The number of rotatable bonds is 4. The number of hydrogen-bond acceptors (Lipinski definition) is 2. The minimum absolute atomic E-state index is 0.0333. The van der Waals surface area contributed by atoms with E-state index in [1.165, 1.54) is 0 Å². The summed E-state index contributed by atoms with van der Waals surface area (Å²) >= 11 is 0. The van der Waals surface area contributed by atoms with E-state index in [0.717, 1.165) is 5.69 Å². The second kappa shape index (κ2) is 5.21. The van der Waals surface area contributed by atoms with Gasteiger partial charge in [0.15, 0.2) is 0 Å². The van der Waals surface area contributed by atoms with Gasteiger partial charge >= 0.3 is 0 Å². The SMILES string of the molecule is CC(C)(C)NCC(F)Cc1ccccn1. The Kier molecular flexibility index (Phi) is 4.21. The summed E-state index contributed by atoms with van der Waals surface area (Å²) in [5.41, 5.74) is 0.773. The maximum absolute atomic E-state index is 13.5. The first kappa shape index (κ1) is 12.1. The van der Waals surface area contributed by atoms with Crippen molar-refractivity contribution in [3.05, 3.63) is 30.1 Å². The molecule has 1 atom stereocenters. The Morgan fingerprint density at radius 2 is 2.13 bits per heavy atom. The molecule has 0 fully saturated rings. The van der Waals surface area contributed by atoms with Crippen molar-refractivity contribution in [2.24, 2.45) is 0 Å². The van der Waals surface area contributed by atoms with Crippen LogP contribution in [0.2, 0.25) is 0 Å². The van der Waals surface area contributed by atoms with Gasteiger partial charge in [-0.1, -0.05) is 6.07 Å². The molecule has 15 heavy (non-hydrogen) atoms. The molecular formula is C12H19FN2. The number of hydrogen-bond donors (Lipinski definition) is 1. The Bertz CT molecular complexity index is 279. The van der Waals surface area contributed by atoms with Gasteiger partial charge in [0.1, 0.15) is 6.17 Å². The van der Waals surface area contributed by atoms with Crippen molar-refractivity contribution in [1.82, 2.24) is 10.3 Å². The van der Waals surface area contributed by atoms with Crippen LogP contribution in [-0.4, -0.2) is 23.2 Å². The lowest BCUT2D eigenvalue weighted by Gasteiger charge is -2.21. The molecule has 84 valence electrons. The Labute approximate surface area is 90.9 Å². The number of nitrogens with zero attached hydrogens (tertiary/aromatic N) is 1. The number of nitrogens with one attached hydrogen (secondary N) is 1. The maximum atomic E-state index is 13.5. The summed E-state index contributed by atoms with van der Waals surface area (Å²) in [6.07, 6.45) is 1.20. The molecule has 0 spiro atoms. The summed E-state index contributed by atoms with van der Waals surface area (Å²) < 4.78 is 13.5. The fraction of sp³-hybridized carbons (Fsp3) is 0.583. The van der Waals surface area contributed by atoms with E-state index >= 15 is 0 Å². The van der Waals surface area contributed by atoms with Crippen LogP contribution in [0.4, 0.5) is 4.39 Å². The molecule has 0 aliphatic heterocycles. The highest BCUT2D eigenvalue weighted by Gasteiger charge is 2.13. The molecule has 3 heteroatoms. The van der Waals surface area contributed by atoms with E-state index in [1.54, 1.807) is 6.20 Å². The largest absolute Gasteiger partial charge is 0.309 e. The Hall–Kier alpha value is -0.960. The fourth-order valence-electron chi connectivity index (χ4n) is 1.23. The van der Waals surface area contributed by atoms with Crippen molar-refractivity contribution in [3.8, 4) is 0 Å². The average molecular weight is 210 g/mol. The molecule has 0 aliphatic rings. The van der Waals surface area contributed by atoms with Crippen LogP contribution in [0.3, 0.4) is 0 Å². The lowest BCUT2D eigenvalue weighted by molar-refractivity contribution is 0.283. The molecule has 0 aromatic carbocycles. The van der Waals surface area contributed by atoms with Crippen LogP contribution in [0.25, 0.3) is 0 Å². The van der Waals surface area contributed by atoms with Crippen LogP contribution >= 0.6 is 0 Å². The Morgan fingerprint density at radius 3 is 2.67 bits per heavy atom. The van der Waals surface area contributed by atoms with Gasteiger partial charge in [-0.2, -0.15) is 0 Å². The van der Waals surface area contributed by atoms with Crippen LogP contribution in [0.15, 0.2) is 24.4 Å². The standard InChI is InChI=1S/C12H19FN2/c1-12(2,3)15-9-10(13)8-11-6-4-5-7-14-11/h4-7,10,15H,8-9H2,1-3H3. The first-order valence-electron chi connectivity index (χ1n) is 5.26. The summed E-state index contributed by atoms with van der Waals surface area (Å²) in [5, 5.41) is 3.14. The molecule has 1 rings (SSSR count). The lowest BCUT2D eigenvalue weighted by Crippen LogP contribution is -2.40. The maximum Gasteiger partial charge on any atom is 0.118 e. The molecule has 0 bridgehead atoms. The van der Waals surface area contributed by atoms with Gasteiger partial charge in [-0.05, 0) is 32.9 Å². The van der Waals surface area contributed by atoms with Gasteiger partial charge in [0.2, 0.25) is 0 Å². The molecule has 0 saturated carbocycles. The third-order valence-electron chi connectivity index (χ3n) is 2.01. The monoisotopic (exact) mass is 210 g/mol. The molecule has 2 nitrogen and oxygen atoms in total. The van der Waals surface area contributed by atoms with Crippen molar-refractivity contribution in [2.45, 2.75) is 38.9 Å². The first-order valence-corrected chi connectivity index (χ1v) is 5.26. The minimum atomic E-state index is -0.876. The van der Waals surface area contributed by atoms with E-state index in [0.29, 0.717) is 13.0 Å². The van der Waals surface area contributed by atoms with Gasteiger partial charge in [-0.15, -0.1) is 0 Å². The third kappa shape index (κ3) is 5.47. The van der Waals surface area contributed by atoms with E-state index in [1.807, 2.05) is 39.0 Å². The van der Waals surface area contributed by atoms with Crippen molar-refractivity contribution < 1.29 is 4.39 Å². The van der Waals surface area contributed by atoms with Crippen LogP contribution in [0.1, 0.15) is 26.5 Å². The molecular weight excluding hydrogens is 191 g/mol. The zero-order valence-electron chi connectivity index (χ0n) is 9.63. The van der Waals surface area contributed by atoms with Gasteiger partial charge in [-0.25, -0.2) is 4.39 Å². The summed E-state index contributed by atoms with van der Waals surface area (Å²) in [6, 6.07) is 5.57. The van der Waals surface area contributed by atoms with Crippen molar-refractivity contribution in [2.75, 3.05) is 6.54 Å². The molecule has 0 amide bonds. The molecule has 0 aliphatic carbocycles. The van der Waals surface area contributed by atoms with Crippen LogP contribution in [0, 0.1) is 0 Å². The predicted molar refractivity (Wildman–Crippen MR) is 60.6 cm³/mol. The van der Waals surface area contributed by atoms with Gasteiger partial charge in [-0.3, -0.25) is 4.98 Å². The normalized spacial score (nSPS) is 13.9. The number of halogens is 1. The zero-order valence-corrected chi connectivity index (χ0v) is 9.63. The van der Waals surface area contributed by atoms with E-state index < -0.39 is 6.17 Å². The Balaban J connectivity index is 2.34. The highest BCUT2D eigenvalue weighted by atomic mass is 19.1. The van der Waals surface area contributed by atoms with Crippen LogP contribution < -0.4 is 5.32 Å². The van der Waals surface area contributed by atoms with E-state index in [9.17, 15) is 4.39 Å². The fourth-order valence-corrected chi connectivity index (χ4v) is 1.23. The Morgan fingerprint density at radius 1 is 1.40 bits per heavy atom. The third-order valence-corrected chi connectivity index (χ3v) is 2.01. The second-order valence-corrected chi connectivity index (χ2v) is 4.75. The van der Waals surface area contributed by atoms with Gasteiger partial charge in [0.05, 0.1) is 0 Å². The summed E-state index contributed by atoms with van der Waals surface area (Å²) in [7, 11) is 0.